The number of thiazole rings is 1. The molecule has 0 radical (unpaired) electrons. The van der Waals surface area contributed by atoms with Crippen molar-refractivity contribution in [2.24, 2.45) is 0 Å². The van der Waals surface area contributed by atoms with Crippen molar-refractivity contribution in [1.29, 1.82) is 0 Å². The van der Waals surface area contributed by atoms with Crippen LogP contribution in [0, 0.1) is 0 Å². The number of ether oxygens (including phenoxy) is 3. The number of esters is 1. The molecular weight excluding hydrogens is 434 g/mol. The molecule has 4 rings (SSSR count). The smallest absolute Gasteiger partial charge is 0.337 e. The van der Waals surface area contributed by atoms with E-state index in [4.69, 9.17) is 14.2 Å². The van der Waals surface area contributed by atoms with Gasteiger partial charge in [0.15, 0.2) is 11.5 Å². The Morgan fingerprint density at radius 2 is 1.94 bits per heavy atom. The molecular formula is C22H19N3O6S. The highest BCUT2D eigenvalue weighted by molar-refractivity contribution is 7.07. The molecule has 1 aromatic heterocycles. The Labute approximate surface area is 187 Å². The van der Waals surface area contributed by atoms with Crippen LogP contribution in [0.4, 0.5) is 5.69 Å². The quantitative estimate of drug-likeness (QED) is 0.529. The van der Waals surface area contributed by atoms with Crippen LogP contribution in [-0.2, 0) is 22.5 Å². The molecule has 0 aliphatic carbocycles. The number of carbonyl (C=O) groups excluding carboxylic acids is 3. The molecule has 3 aromatic rings. The van der Waals surface area contributed by atoms with Crippen molar-refractivity contribution in [2.75, 3.05) is 19.2 Å². The Bertz CT molecular complexity index is 1160. The third-order valence-electron chi connectivity index (χ3n) is 4.61. The molecule has 32 heavy (non-hydrogen) atoms. The van der Waals surface area contributed by atoms with E-state index in [1.54, 1.807) is 41.2 Å². The number of aromatic nitrogens is 1. The van der Waals surface area contributed by atoms with Crippen molar-refractivity contribution >= 4 is 34.8 Å². The average molecular weight is 453 g/mol. The van der Waals surface area contributed by atoms with E-state index in [1.165, 1.54) is 24.5 Å². The number of amides is 2. The molecule has 0 unspecified atom stereocenters. The van der Waals surface area contributed by atoms with Crippen molar-refractivity contribution in [3.05, 3.63) is 69.7 Å². The first-order valence-corrected chi connectivity index (χ1v) is 10.5. The predicted molar refractivity (Wildman–Crippen MR) is 116 cm³/mol. The van der Waals surface area contributed by atoms with Crippen molar-refractivity contribution in [2.45, 2.75) is 13.0 Å². The van der Waals surface area contributed by atoms with Gasteiger partial charge < -0.3 is 24.8 Å². The lowest BCUT2D eigenvalue weighted by Crippen LogP contribution is -2.23. The summed E-state index contributed by atoms with van der Waals surface area (Å²) in [6, 6.07) is 9.72. The minimum absolute atomic E-state index is 0.113. The summed E-state index contributed by atoms with van der Waals surface area (Å²) >= 11 is 1.41. The van der Waals surface area contributed by atoms with Gasteiger partial charge in [-0.2, -0.15) is 0 Å². The zero-order valence-corrected chi connectivity index (χ0v) is 17.9. The number of hydrogen-bond acceptors (Lipinski definition) is 8. The zero-order chi connectivity index (χ0) is 22.5. The van der Waals surface area contributed by atoms with Crippen LogP contribution in [0.2, 0.25) is 0 Å². The summed E-state index contributed by atoms with van der Waals surface area (Å²) in [4.78, 5) is 41.1. The zero-order valence-electron chi connectivity index (χ0n) is 17.0. The van der Waals surface area contributed by atoms with Crippen molar-refractivity contribution < 1.29 is 28.6 Å². The number of rotatable bonds is 7. The van der Waals surface area contributed by atoms with E-state index in [9.17, 15) is 14.4 Å². The Hall–Kier alpha value is -3.92. The SMILES string of the molecule is COC(=O)c1cc(CNC(=O)c2ccc3c(c2)OCO3)cc(NC(=O)Cc2cscn2)c1. The molecule has 0 atom stereocenters. The lowest BCUT2D eigenvalue weighted by atomic mass is 10.1. The summed E-state index contributed by atoms with van der Waals surface area (Å²) in [5.74, 6) is -0.0427. The van der Waals surface area contributed by atoms with Crippen LogP contribution < -0.4 is 20.1 Å². The molecule has 1 aliphatic heterocycles. The van der Waals surface area contributed by atoms with E-state index >= 15 is 0 Å². The number of nitrogens with one attached hydrogen (secondary N) is 2. The normalized spacial score (nSPS) is 11.7. The second-order valence-electron chi connectivity index (χ2n) is 6.87. The van der Waals surface area contributed by atoms with Crippen LogP contribution in [0.3, 0.4) is 0 Å². The van der Waals surface area contributed by atoms with Crippen molar-refractivity contribution in [1.82, 2.24) is 10.3 Å². The van der Waals surface area contributed by atoms with Crippen LogP contribution in [0.15, 0.2) is 47.3 Å². The van der Waals surface area contributed by atoms with E-state index in [-0.39, 0.29) is 37.1 Å². The number of carbonyl (C=O) groups is 3. The number of nitrogens with zero attached hydrogens (tertiary/aromatic N) is 1. The van der Waals surface area contributed by atoms with Gasteiger partial charge in [0.1, 0.15) is 0 Å². The maximum Gasteiger partial charge on any atom is 0.337 e. The Balaban J connectivity index is 1.47. The standard InChI is InChI=1S/C22H19N3O6S/c1-29-22(28)15-4-13(5-16(6-15)25-20(26)8-17-10-32-11-24-17)9-23-21(27)14-2-3-18-19(7-14)31-12-30-18/h2-7,10-11H,8-9,12H2,1H3,(H,23,27)(H,25,26). The summed E-state index contributed by atoms with van der Waals surface area (Å²) in [7, 11) is 1.27. The summed E-state index contributed by atoms with van der Waals surface area (Å²) < 4.78 is 15.4. The van der Waals surface area contributed by atoms with E-state index in [0.29, 0.717) is 34.0 Å². The lowest BCUT2D eigenvalue weighted by molar-refractivity contribution is -0.115. The molecule has 0 saturated carbocycles. The van der Waals surface area contributed by atoms with Crippen LogP contribution >= 0.6 is 11.3 Å². The molecule has 0 bridgehead atoms. The van der Waals surface area contributed by atoms with Gasteiger partial charge in [0.05, 0.1) is 30.3 Å². The summed E-state index contributed by atoms with van der Waals surface area (Å²) in [5, 5.41) is 7.35. The van der Waals surface area contributed by atoms with E-state index in [2.05, 4.69) is 15.6 Å². The molecule has 0 spiro atoms. The van der Waals surface area contributed by atoms with E-state index in [1.807, 2.05) is 0 Å². The van der Waals surface area contributed by atoms with Gasteiger partial charge in [0.25, 0.3) is 5.91 Å². The van der Waals surface area contributed by atoms with Gasteiger partial charge in [0.2, 0.25) is 12.7 Å². The molecule has 0 saturated heterocycles. The van der Waals surface area contributed by atoms with Crippen molar-refractivity contribution in [3.8, 4) is 11.5 Å². The number of anilines is 1. The van der Waals surface area contributed by atoms with Gasteiger partial charge in [-0.05, 0) is 42.0 Å². The predicted octanol–water partition coefficient (Wildman–Crippen LogP) is 2.77. The fraction of sp³-hybridized carbons (Fsp3) is 0.182. The molecule has 2 heterocycles. The molecule has 10 heteroatoms. The Morgan fingerprint density at radius 3 is 2.72 bits per heavy atom. The highest BCUT2D eigenvalue weighted by Crippen LogP contribution is 2.32. The van der Waals surface area contributed by atoms with Crippen LogP contribution in [0.25, 0.3) is 0 Å². The van der Waals surface area contributed by atoms with Crippen LogP contribution in [0.1, 0.15) is 32.0 Å². The van der Waals surface area contributed by atoms with E-state index in [0.717, 1.165) is 0 Å². The molecule has 0 fully saturated rings. The summed E-state index contributed by atoms with van der Waals surface area (Å²) in [6.07, 6.45) is 0.113. The maximum absolute atomic E-state index is 12.6. The number of fused-ring (bicyclic) bond motifs is 1. The molecule has 2 amide bonds. The van der Waals surface area contributed by atoms with Gasteiger partial charge in [-0.1, -0.05) is 0 Å². The first-order chi connectivity index (χ1) is 15.5. The molecule has 2 N–H and O–H groups in total. The largest absolute Gasteiger partial charge is 0.465 e. The first kappa shape index (κ1) is 21.3. The second-order valence-corrected chi connectivity index (χ2v) is 7.58. The van der Waals surface area contributed by atoms with Gasteiger partial charge in [-0.15, -0.1) is 11.3 Å². The highest BCUT2D eigenvalue weighted by atomic mass is 32.1. The third-order valence-corrected chi connectivity index (χ3v) is 5.25. The minimum Gasteiger partial charge on any atom is -0.465 e. The Kier molecular flexibility index (Phi) is 6.31. The average Bonchev–Trinajstić information content (AvgIpc) is 3.47. The summed E-state index contributed by atoms with van der Waals surface area (Å²) in [6.45, 7) is 0.255. The lowest BCUT2D eigenvalue weighted by Gasteiger charge is -2.11. The highest BCUT2D eigenvalue weighted by Gasteiger charge is 2.17. The van der Waals surface area contributed by atoms with E-state index < -0.39 is 5.97 Å². The van der Waals surface area contributed by atoms with Gasteiger partial charge in [-0.3, -0.25) is 9.59 Å². The summed E-state index contributed by atoms with van der Waals surface area (Å²) in [5.41, 5.74) is 4.02. The monoisotopic (exact) mass is 453 g/mol. The third kappa shape index (κ3) is 5.03. The first-order valence-electron chi connectivity index (χ1n) is 9.59. The number of benzene rings is 2. The van der Waals surface area contributed by atoms with Crippen molar-refractivity contribution in [3.63, 3.8) is 0 Å². The maximum atomic E-state index is 12.6. The number of methoxy groups -OCH3 is 1. The topological polar surface area (TPSA) is 116 Å². The minimum atomic E-state index is -0.552. The molecule has 9 nitrogen and oxygen atoms in total. The van der Waals surface area contributed by atoms with Gasteiger partial charge in [0, 0.05) is 23.2 Å². The number of hydrogen-bond donors (Lipinski definition) is 2. The van der Waals surface area contributed by atoms with Gasteiger partial charge >= 0.3 is 5.97 Å². The van der Waals surface area contributed by atoms with Gasteiger partial charge in [-0.25, -0.2) is 9.78 Å². The Morgan fingerprint density at radius 1 is 1.09 bits per heavy atom. The molecule has 164 valence electrons. The fourth-order valence-electron chi connectivity index (χ4n) is 3.12. The van der Waals surface area contributed by atoms with Crippen LogP contribution in [0.5, 0.6) is 11.5 Å². The second kappa shape index (κ2) is 9.48. The van der Waals surface area contributed by atoms with Crippen LogP contribution in [-0.4, -0.2) is 36.7 Å². The fourth-order valence-corrected chi connectivity index (χ4v) is 3.68. The molecule has 1 aliphatic rings. The molecule has 2 aromatic carbocycles.